The van der Waals surface area contributed by atoms with E-state index >= 15 is 0 Å². The summed E-state index contributed by atoms with van der Waals surface area (Å²) in [6.07, 6.45) is 0.832. The molecule has 1 fully saturated rings. The number of piperazine rings is 1. The lowest BCUT2D eigenvalue weighted by Gasteiger charge is -2.36. The lowest BCUT2D eigenvalue weighted by atomic mass is 10.1. The van der Waals surface area contributed by atoms with E-state index in [0.29, 0.717) is 54.9 Å². The number of carbonyl (C=O) groups excluding carboxylic acids is 1. The van der Waals surface area contributed by atoms with Crippen LogP contribution in [-0.2, 0) is 0 Å². The number of hydrogen-bond acceptors (Lipinski definition) is 6. The Balaban J connectivity index is 1.49. The van der Waals surface area contributed by atoms with Crippen molar-refractivity contribution >= 4 is 11.6 Å². The minimum atomic E-state index is -0.173. The monoisotopic (exact) mass is 473 g/mol. The highest BCUT2D eigenvalue weighted by atomic mass is 19.1. The van der Waals surface area contributed by atoms with E-state index in [4.69, 9.17) is 14.2 Å². The fourth-order valence-electron chi connectivity index (χ4n) is 4.05. The number of ether oxygens (including phenoxy) is 3. The Morgan fingerprint density at radius 1 is 0.941 bits per heavy atom. The van der Waals surface area contributed by atoms with Gasteiger partial charge in [-0.3, -0.25) is 9.69 Å². The number of para-hydroxylation sites is 1. The predicted octanol–water partition coefficient (Wildman–Crippen LogP) is 3.96. The summed E-state index contributed by atoms with van der Waals surface area (Å²) in [6.45, 7) is 11.8. The van der Waals surface area contributed by atoms with Gasteiger partial charge in [-0.1, -0.05) is 12.1 Å². The van der Waals surface area contributed by atoms with Gasteiger partial charge >= 0.3 is 0 Å². The van der Waals surface area contributed by atoms with Crippen molar-refractivity contribution in [2.45, 2.75) is 27.2 Å². The van der Waals surface area contributed by atoms with Gasteiger partial charge in [0.1, 0.15) is 5.82 Å². The van der Waals surface area contributed by atoms with Crippen LogP contribution in [0.2, 0.25) is 0 Å². The third-order valence-electron chi connectivity index (χ3n) is 5.67. The fraction of sp³-hybridized carbons (Fsp3) is 0.500. The fourth-order valence-corrected chi connectivity index (χ4v) is 4.05. The van der Waals surface area contributed by atoms with E-state index in [1.807, 2.05) is 32.9 Å². The van der Waals surface area contributed by atoms with Crippen LogP contribution >= 0.6 is 0 Å². The average molecular weight is 474 g/mol. The highest BCUT2D eigenvalue weighted by molar-refractivity contribution is 5.95. The van der Waals surface area contributed by atoms with E-state index in [0.717, 1.165) is 39.1 Å². The van der Waals surface area contributed by atoms with E-state index in [9.17, 15) is 9.18 Å². The van der Waals surface area contributed by atoms with Crippen LogP contribution in [0.4, 0.5) is 10.1 Å². The molecule has 186 valence electrons. The molecule has 0 atom stereocenters. The number of halogens is 1. The van der Waals surface area contributed by atoms with Crippen molar-refractivity contribution in [1.82, 2.24) is 10.2 Å². The zero-order chi connectivity index (χ0) is 24.3. The van der Waals surface area contributed by atoms with E-state index in [2.05, 4.69) is 15.1 Å². The summed E-state index contributed by atoms with van der Waals surface area (Å²) in [5.41, 5.74) is 1.15. The molecular formula is C26H36FN3O4. The van der Waals surface area contributed by atoms with E-state index in [-0.39, 0.29) is 11.7 Å². The summed E-state index contributed by atoms with van der Waals surface area (Å²) in [5, 5.41) is 2.99. The highest BCUT2D eigenvalue weighted by Gasteiger charge is 2.20. The summed E-state index contributed by atoms with van der Waals surface area (Å²) >= 11 is 0. The van der Waals surface area contributed by atoms with Gasteiger partial charge in [0.15, 0.2) is 11.5 Å². The maximum Gasteiger partial charge on any atom is 0.251 e. The third kappa shape index (κ3) is 6.76. The summed E-state index contributed by atoms with van der Waals surface area (Å²) in [6, 6.07) is 10.3. The van der Waals surface area contributed by atoms with Gasteiger partial charge in [-0.15, -0.1) is 0 Å². The summed E-state index contributed by atoms with van der Waals surface area (Å²) in [4.78, 5) is 17.2. The van der Waals surface area contributed by atoms with E-state index < -0.39 is 0 Å². The number of carbonyl (C=O) groups is 1. The Bertz CT molecular complexity index is 905. The molecule has 1 amide bonds. The van der Waals surface area contributed by atoms with Crippen molar-refractivity contribution in [3.8, 4) is 17.2 Å². The molecular weight excluding hydrogens is 437 g/mol. The zero-order valence-electron chi connectivity index (χ0n) is 20.4. The summed E-state index contributed by atoms with van der Waals surface area (Å²) < 4.78 is 31.1. The second-order valence-corrected chi connectivity index (χ2v) is 7.99. The Morgan fingerprint density at radius 3 is 2.15 bits per heavy atom. The quantitative estimate of drug-likeness (QED) is 0.471. The van der Waals surface area contributed by atoms with Crippen LogP contribution in [0.1, 0.15) is 37.6 Å². The number of rotatable bonds is 12. The summed E-state index contributed by atoms with van der Waals surface area (Å²) in [7, 11) is 0. The van der Waals surface area contributed by atoms with Gasteiger partial charge in [-0.2, -0.15) is 0 Å². The molecule has 1 heterocycles. The van der Waals surface area contributed by atoms with Crippen molar-refractivity contribution in [1.29, 1.82) is 0 Å². The minimum Gasteiger partial charge on any atom is -0.490 e. The molecule has 0 radical (unpaired) electrons. The molecule has 1 N–H and O–H groups in total. The maximum absolute atomic E-state index is 14.0. The smallest absolute Gasteiger partial charge is 0.251 e. The topological polar surface area (TPSA) is 63.3 Å². The molecule has 0 saturated carbocycles. The van der Waals surface area contributed by atoms with Gasteiger partial charge in [0.25, 0.3) is 5.91 Å². The Hall–Kier alpha value is -3.00. The molecule has 2 aromatic rings. The Morgan fingerprint density at radius 2 is 1.56 bits per heavy atom. The number of anilines is 1. The number of benzene rings is 2. The first-order valence-corrected chi connectivity index (χ1v) is 12.1. The van der Waals surface area contributed by atoms with Crippen LogP contribution in [0.15, 0.2) is 36.4 Å². The van der Waals surface area contributed by atoms with Crippen LogP contribution in [0.25, 0.3) is 0 Å². The molecule has 0 bridgehead atoms. The van der Waals surface area contributed by atoms with Crippen LogP contribution < -0.4 is 24.4 Å². The van der Waals surface area contributed by atoms with Crippen molar-refractivity contribution in [3.63, 3.8) is 0 Å². The third-order valence-corrected chi connectivity index (χ3v) is 5.67. The zero-order valence-corrected chi connectivity index (χ0v) is 20.4. The molecule has 0 aromatic heterocycles. The van der Waals surface area contributed by atoms with Crippen LogP contribution in [0.3, 0.4) is 0 Å². The molecule has 0 unspecified atom stereocenters. The lowest BCUT2D eigenvalue weighted by molar-refractivity contribution is 0.0950. The Kier molecular flexibility index (Phi) is 9.82. The molecule has 0 aliphatic carbocycles. The first-order valence-electron chi connectivity index (χ1n) is 12.1. The highest BCUT2D eigenvalue weighted by Crippen LogP contribution is 2.39. The number of nitrogens with one attached hydrogen (secondary N) is 1. The normalized spacial score (nSPS) is 14.1. The molecule has 2 aromatic carbocycles. The maximum atomic E-state index is 14.0. The van der Waals surface area contributed by atoms with Gasteiger partial charge in [0.2, 0.25) is 5.75 Å². The lowest BCUT2D eigenvalue weighted by Crippen LogP contribution is -2.47. The van der Waals surface area contributed by atoms with Gasteiger partial charge in [-0.05, 0) is 58.0 Å². The minimum absolute atomic E-state index is 0.172. The number of nitrogens with zero attached hydrogens (tertiary/aromatic N) is 2. The first kappa shape index (κ1) is 25.6. The molecule has 8 heteroatoms. The van der Waals surface area contributed by atoms with E-state index in [1.165, 1.54) is 6.07 Å². The van der Waals surface area contributed by atoms with Crippen molar-refractivity contribution in [2.75, 3.05) is 64.0 Å². The molecule has 7 nitrogen and oxygen atoms in total. The largest absolute Gasteiger partial charge is 0.490 e. The molecule has 0 spiro atoms. The second-order valence-electron chi connectivity index (χ2n) is 7.99. The second kappa shape index (κ2) is 13.0. The van der Waals surface area contributed by atoms with Gasteiger partial charge in [-0.25, -0.2) is 4.39 Å². The van der Waals surface area contributed by atoms with Crippen molar-refractivity contribution < 1.29 is 23.4 Å². The molecule has 3 rings (SSSR count). The van der Waals surface area contributed by atoms with Gasteiger partial charge < -0.3 is 24.4 Å². The van der Waals surface area contributed by atoms with Gasteiger partial charge in [0, 0.05) is 38.3 Å². The van der Waals surface area contributed by atoms with E-state index in [1.54, 1.807) is 18.2 Å². The molecule has 1 aliphatic heterocycles. The molecule has 1 saturated heterocycles. The standard InChI is InChI=1S/C26H36FN3O4/c1-4-32-23-18-20(19-24(33-5-2)25(23)34-6-3)26(31)28-12-9-13-29-14-16-30(17-15-29)22-11-8-7-10-21(22)27/h7-8,10-11,18-19H,4-6,9,12-17H2,1-3H3,(H,28,31). The number of amides is 1. The average Bonchev–Trinajstić information content (AvgIpc) is 2.84. The predicted molar refractivity (Wildman–Crippen MR) is 132 cm³/mol. The number of hydrogen-bond donors (Lipinski definition) is 1. The van der Waals surface area contributed by atoms with Crippen molar-refractivity contribution in [3.05, 3.63) is 47.8 Å². The molecule has 34 heavy (non-hydrogen) atoms. The Labute approximate surface area is 201 Å². The van der Waals surface area contributed by atoms with Crippen LogP contribution in [0, 0.1) is 5.82 Å². The van der Waals surface area contributed by atoms with Crippen LogP contribution in [0.5, 0.6) is 17.2 Å². The van der Waals surface area contributed by atoms with Crippen LogP contribution in [-0.4, -0.2) is 69.9 Å². The first-order chi connectivity index (χ1) is 16.6. The summed E-state index contributed by atoms with van der Waals surface area (Å²) in [5.74, 6) is 1.20. The molecule has 1 aliphatic rings. The van der Waals surface area contributed by atoms with Gasteiger partial charge in [0.05, 0.1) is 25.5 Å². The van der Waals surface area contributed by atoms with Crippen molar-refractivity contribution in [2.24, 2.45) is 0 Å². The SMILES string of the molecule is CCOc1cc(C(=O)NCCCN2CCN(c3ccccc3F)CC2)cc(OCC)c1OCC.